The van der Waals surface area contributed by atoms with E-state index >= 15 is 0 Å². The number of nitrogens with zero attached hydrogens (tertiary/aromatic N) is 1. The second kappa shape index (κ2) is 9.64. The van der Waals surface area contributed by atoms with Crippen molar-refractivity contribution < 1.29 is 42.8 Å². The predicted octanol–water partition coefficient (Wildman–Crippen LogP) is 2.21. The maximum Gasteiger partial charge on any atom is 0.303 e. The second-order valence-electron chi connectivity index (χ2n) is 13.3. The molecule has 6 fully saturated rings. The number of carbonyl (C=O) groups excluding carboxylic acids is 3. The zero-order valence-electron chi connectivity index (χ0n) is 24.8. The largest absolute Gasteiger partial charge is 0.462 e. The van der Waals surface area contributed by atoms with Gasteiger partial charge in [0.05, 0.1) is 18.8 Å². The van der Waals surface area contributed by atoms with Crippen molar-refractivity contribution in [1.29, 1.82) is 0 Å². The van der Waals surface area contributed by atoms with E-state index in [2.05, 4.69) is 11.8 Å². The molecule has 6 aliphatic rings. The van der Waals surface area contributed by atoms with Gasteiger partial charge in [-0.05, 0) is 31.7 Å². The van der Waals surface area contributed by atoms with Gasteiger partial charge in [-0.1, -0.05) is 6.92 Å². The number of piperidine rings is 1. The topological polar surface area (TPSA) is 110 Å². The Hall–Kier alpha value is -1.75. The highest BCUT2D eigenvalue weighted by Crippen LogP contribution is 2.80. The van der Waals surface area contributed by atoms with Gasteiger partial charge in [0.2, 0.25) is 0 Å². The number of rotatable bonds is 8. The van der Waals surface area contributed by atoms with Gasteiger partial charge in [-0.2, -0.15) is 0 Å². The molecule has 0 radical (unpaired) electrons. The monoisotopic (exact) mass is 563 g/mol. The predicted molar refractivity (Wildman–Crippen MR) is 141 cm³/mol. The fraction of sp³-hybridized carbons (Fsp3) is 0.900. The summed E-state index contributed by atoms with van der Waals surface area (Å²) in [5.41, 5.74) is -1.67. The van der Waals surface area contributed by atoms with Gasteiger partial charge in [0.15, 0.2) is 0 Å². The van der Waals surface area contributed by atoms with Crippen molar-refractivity contribution in [3.05, 3.63) is 0 Å². The Morgan fingerprint density at radius 3 is 2.23 bits per heavy atom. The molecule has 224 valence electrons. The lowest BCUT2D eigenvalue weighted by Gasteiger charge is -2.69. The summed E-state index contributed by atoms with van der Waals surface area (Å²) in [7, 11) is 5.20. The fourth-order valence-corrected chi connectivity index (χ4v) is 11.7. The van der Waals surface area contributed by atoms with Gasteiger partial charge >= 0.3 is 17.9 Å². The van der Waals surface area contributed by atoms with Crippen LogP contribution < -0.4 is 0 Å². The van der Waals surface area contributed by atoms with E-state index in [1.807, 2.05) is 0 Å². The average molecular weight is 564 g/mol. The molecule has 10 nitrogen and oxygen atoms in total. The molecule has 10 heteroatoms. The van der Waals surface area contributed by atoms with E-state index in [1.54, 1.807) is 21.3 Å². The molecule has 1 saturated heterocycles. The molecular weight excluding hydrogens is 518 g/mol. The van der Waals surface area contributed by atoms with Crippen molar-refractivity contribution in [2.45, 2.75) is 89.4 Å². The highest BCUT2D eigenvalue weighted by Gasteiger charge is 2.88. The number of esters is 3. The minimum atomic E-state index is -0.963. The quantitative estimate of drug-likeness (QED) is 0.322. The first-order valence-corrected chi connectivity index (χ1v) is 14.9. The van der Waals surface area contributed by atoms with Crippen LogP contribution in [0.4, 0.5) is 0 Å². The van der Waals surface area contributed by atoms with Gasteiger partial charge in [-0.3, -0.25) is 19.3 Å². The van der Waals surface area contributed by atoms with Crippen LogP contribution in [0, 0.1) is 40.4 Å². The second-order valence-corrected chi connectivity index (χ2v) is 13.3. The summed E-state index contributed by atoms with van der Waals surface area (Å²) in [5, 5.41) is 0. The minimum Gasteiger partial charge on any atom is -0.462 e. The van der Waals surface area contributed by atoms with Gasteiger partial charge in [0, 0.05) is 95.6 Å². The molecule has 0 amide bonds. The third kappa shape index (κ3) is 3.39. The first kappa shape index (κ1) is 28.4. The summed E-state index contributed by atoms with van der Waals surface area (Å²) < 4.78 is 37.6. The Balaban J connectivity index is 1.67. The van der Waals surface area contributed by atoms with Crippen molar-refractivity contribution in [3.8, 4) is 0 Å². The van der Waals surface area contributed by atoms with Crippen LogP contribution >= 0.6 is 0 Å². The number of hydrogen-bond donors (Lipinski definition) is 0. The molecule has 6 rings (SSSR count). The van der Waals surface area contributed by atoms with Crippen LogP contribution in [0.15, 0.2) is 0 Å². The summed E-state index contributed by atoms with van der Waals surface area (Å²) in [6.07, 6.45) is 1.50. The Labute approximate surface area is 236 Å². The molecule has 1 aliphatic heterocycles. The molecule has 5 aliphatic carbocycles. The number of ether oxygens (including phenoxy) is 6. The Morgan fingerprint density at radius 2 is 1.65 bits per heavy atom. The van der Waals surface area contributed by atoms with Crippen LogP contribution in [0.5, 0.6) is 0 Å². The van der Waals surface area contributed by atoms with Crippen molar-refractivity contribution >= 4 is 17.9 Å². The number of hydrogen-bond acceptors (Lipinski definition) is 10. The molecule has 7 bridgehead atoms. The van der Waals surface area contributed by atoms with Gasteiger partial charge in [-0.15, -0.1) is 0 Å². The number of likely N-dealkylation sites (tertiary alicyclic amines) is 1. The third-order valence-corrected chi connectivity index (χ3v) is 12.0. The first-order valence-electron chi connectivity index (χ1n) is 14.9. The maximum absolute atomic E-state index is 13.0. The van der Waals surface area contributed by atoms with Crippen LogP contribution in [-0.2, 0) is 42.8 Å². The smallest absolute Gasteiger partial charge is 0.303 e. The van der Waals surface area contributed by atoms with E-state index in [4.69, 9.17) is 28.4 Å². The van der Waals surface area contributed by atoms with Gasteiger partial charge < -0.3 is 28.4 Å². The Bertz CT molecular complexity index is 1070. The van der Waals surface area contributed by atoms with Gasteiger partial charge in [0.1, 0.15) is 17.8 Å². The Morgan fingerprint density at radius 1 is 0.925 bits per heavy atom. The van der Waals surface area contributed by atoms with Crippen molar-refractivity contribution in [2.75, 3.05) is 41.0 Å². The molecule has 0 aromatic heterocycles. The SMILES string of the molecule is CCN1C[C@]2(COC)CC[C@H](OC(C)=O)[C@]34C1[C@H]([C@H](OC)[C@H]23)[C@@]1(OC(C)=O)C[C@H](OC)[C@H]2C[C@@H]4[C@@H]1[C@H]2OC(C)=O. The van der Waals surface area contributed by atoms with Crippen LogP contribution in [-0.4, -0.2) is 99.9 Å². The lowest BCUT2D eigenvalue weighted by Crippen LogP contribution is -2.77. The van der Waals surface area contributed by atoms with Crippen molar-refractivity contribution in [1.82, 2.24) is 4.90 Å². The molecule has 0 aromatic carbocycles. The molecule has 0 aromatic rings. The van der Waals surface area contributed by atoms with E-state index < -0.39 is 17.1 Å². The molecule has 1 spiro atoms. The number of carbonyl (C=O) groups is 3. The molecule has 5 saturated carbocycles. The van der Waals surface area contributed by atoms with Crippen LogP contribution in [0.25, 0.3) is 0 Å². The first-order chi connectivity index (χ1) is 19.1. The molecule has 40 heavy (non-hydrogen) atoms. The average Bonchev–Trinajstić information content (AvgIpc) is 3.30. The lowest BCUT2D eigenvalue weighted by molar-refractivity contribution is -0.280. The zero-order valence-corrected chi connectivity index (χ0v) is 24.8. The van der Waals surface area contributed by atoms with Crippen LogP contribution in [0.3, 0.4) is 0 Å². The van der Waals surface area contributed by atoms with E-state index in [0.717, 1.165) is 32.4 Å². The lowest BCUT2D eigenvalue weighted by atomic mass is 9.43. The van der Waals surface area contributed by atoms with E-state index in [-0.39, 0.29) is 77.3 Å². The van der Waals surface area contributed by atoms with Crippen molar-refractivity contribution in [3.63, 3.8) is 0 Å². The van der Waals surface area contributed by atoms with E-state index in [0.29, 0.717) is 13.0 Å². The minimum absolute atomic E-state index is 0.0154. The summed E-state index contributed by atoms with van der Waals surface area (Å²) in [6.45, 7) is 8.77. The zero-order chi connectivity index (χ0) is 28.8. The highest BCUT2D eigenvalue weighted by atomic mass is 16.6. The summed E-state index contributed by atoms with van der Waals surface area (Å²) in [5.74, 6) is -1.55. The number of methoxy groups -OCH3 is 3. The van der Waals surface area contributed by atoms with Gasteiger partial charge in [-0.25, -0.2) is 0 Å². The molecule has 1 heterocycles. The van der Waals surface area contributed by atoms with Crippen LogP contribution in [0.2, 0.25) is 0 Å². The van der Waals surface area contributed by atoms with Crippen LogP contribution in [0.1, 0.15) is 53.4 Å². The maximum atomic E-state index is 13.0. The summed E-state index contributed by atoms with van der Waals surface area (Å²) >= 11 is 0. The standard InChI is InChI=1S/C30H45NO9/c1-8-31-13-28(14-35-5)10-9-21(38-15(2)32)30-19-11-18-20(36-6)12-29(40-17(4)34,22(19)24(18)39-16(3)33)23(27(30)31)25(37-7)26(28)30/h18-27H,8-14H2,1-7H3/t18-,19-,20+,21+,22-,23+,24+,25+,26-,27?,28+,29-,30+/m1/s1. The molecule has 1 unspecified atom stereocenters. The van der Waals surface area contributed by atoms with E-state index in [9.17, 15) is 14.4 Å². The molecule has 13 atom stereocenters. The van der Waals surface area contributed by atoms with E-state index in [1.165, 1.54) is 20.8 Å². The molecular formula is C30H45NO9. The normalized spacial score (nSPS) is 49.9. The third-order valence-electron chi connectivity index (χ3n) is 12.0. The summed E-state index contributed by atoms with van der Waals surface area (Å²) in [4.78, 5) is 40.7. The highest BCUT2D eigenvalue weighted by molar-refractivity contribution is 5.68. The summed E-state index contributed by atoms with van der Waals surface area (Å²) in [6, 6.07) is -0.0463. The fourth-order valence-electron chi connectivity index (χ4n) is 11.7. The molecule has 0 N–H and O–H groups in total. The number of fused-ring (bicyclic) bond motifs is 2. The Kier molecular flexibility index (Phi) is 6.84. The van der Waals surface area contributed by atoms with Crippen molar-refractivity contribution in [2.24, 2.45) is 40.4 Å². The van der Waals surface area contributed by atoms with Gasteiger partial charge in [0.25, 0.3) is 0 Å².